The molecule has 1 aliphatic rings. The molecule has 0 aromatic carbocycles. The molecule has 11 nitrogen and oxygen atoms in total. The van der Waals surface area contributed by atoms with Gasteiger partial charge in [-0.15, -0.1) is 0 Å². The molecule has 1 rings (SSSR count). The Kier molecular flexibility index (Phi) is 27.5. The molecule has 1 heterocycles. The molecule has 2 unspecified atom stereocenters. The first-order chi connectivity index (χ1) is 26.9. The smallest absolute Gasteiger partial charge is 0.235 e. The van der Waals surface area contributed by atoms with E-state index in [4.69, 9.17) is 4.74 Å². The van der Waals surface area contributed by atoms with Gasteiger partial charge >= 0.3 is 0 Å². The van der Waals surface area contributed by atoms with Crippen molar-refractivity contribution in [3.8, 4) is 0 Å². The Labute approximate surface area is 336 Å². The third-order valence-corrected chi connectivity index (χ3v) is 10.6. The van der Waals surface area contributed by atoms with E-state index in [9.17, 15) is 50.4 Å². The summed E-state index contributed by atoms with van der Waals surface area (Å²) in [4.78, 5) is 27.7. The van der Waals surface area contributed by atoms with Crippen molar-refractivity contribution < 1.29 is 55.2 Å². The van der Waals surface area contributed by atoms with Crippen LogP contribution in [-0.4, -0.2) is 107 Å². The van der Waals surface area contributed by atoms with Crippen LogP contribution in [0.4, 0.5) is 0 Å². The van der Waals surface area contributed by atoms with E-state index in [1.807, 2.05) is 0 Å². The SMILES string of the molecule is CC/C=C/C/C=C/C/C=C/CCCCCCCC(=O)[C@@]1(O)[C@@](O)(C(O)C(O)CO)O[C@H](CO)[C@H](O)[C@@]1(O)C(=O)CCCCCCC/C=C/C/C=C/CCCCC. The molecule has 0 saturated carbocycles. The van der Waals surface area contributed by atoms with Crippen molar-refractivity contribution in [3.05, 3.63) is 60.8 Å². The molecule has 322 valence electrons. The molecule has 1 fully saturated rings. The van der Waals surface area contributed by atoms with Gasteiger partial charge in [0.25, 0.3) is 0 Å². The molecule has 0 radical (unpaired) electrons. The van der Waals surface area contributed by atoms with Gasteiger partial charge in [-0.05, 0) is 77.0 Å². The van der Waals surface area contributed by atoms with Gasteiger partial charge in [-0.25, -0.2) is 0 Å². The second-order valence-electron chi connectivity index (χ2n) is 15.1. The van der Waals surface area contributed by atoms with Crippen molar-refractivity contribution in [2.24, 2.45) is 0 Å². The quantitative estimate of drug-likeness (QED) is 0.0280. The van der Waals surface area contributed by atoms with Crippen molar-refractivity contribution in [2.75, 3.05) is 13.2 Å². The van der Waals surface area contributed by atoms with Crippen molar-refractivity contribution in [3.63, 3.8) is 0 Å². The zero-order chi connectivity index (χ0) is 41.7. The number of carbonyl (C=O) groups is 2. The fraction of sp³-hybridized carbons (Fsp3) is 0.733. The maximum atomic E-state index is 13.9. The number of hydrogen-bond donors (Lipinski definition) is 8. The lowest BCUT2D eigenvalue weighted by Gasteiger charge is -2.58. The van der Waals surface area contributed by atoms with Gasteiger partial charge in [-0.2, -0.15) is 0 Å². The Morgan fingerprint density at radius 3 is 1.50 bits per heavy atom. The first kappa shape index (κ1) is 51.7. The van der Waals surface area contributed by atoms with Crippen molar-refractivity contribution >= 4 is 11.6 Å². The summed E-state index contributed by atoms with van der Waals surface area (Å²) in [6.45, 7) is 2.06. The van der Waals surface area contributed by atoms with Crippen LogP contribution in [-0.2, 0) is 14.3 Å². The number of unbranched alkanes of at least 4 members (excludes halogenated alkanes) is 13. The molecule has 11 heteroatoms. The summed E-state index contributed by atoms with van der Waals surface area (Å²) in [6, 6.07) is 0. The minimum atomic E-state index is -3.67. The maximum Gasteiger partial charge on any atom is 0.235 e. The predicted octanol–water partition coefficient (Wildman–Crippen LogP) is 6.14. The molecule has 1 aliphatic heterocycles. The Bertz CT molecular complexity index is 1210. The van der Waals surface area contributed by atoms with Gasteiger partial charge in [0.15, 0.2) is 17.2 Å². The Hall–Kier alpha value is -2.32. The number of allylic oxidation sites excluding steroid dienone is 10. The number of aliphatic hydroxyl groups is 8. The number of ether oxygens (including phenoxy) is 1. The number of rotatable bonds is 33. The average Bonchev–Trinajstić information content (AvgIpc) is 3.20. The van der Waals surface area contributed by atoms with Crippen molar-refractivity contribution in [1.82, 2.24) is 0 Å². The van der Waals surface area contributed by atoms with Crippen LogP contribution in [0.2, 0.25) is 0 Å². The van der Waals surface area contributed by atoms with Crippen LogP contribution in [0.25, 0.3) is 0 Å². The van der Waals surface area contributed by atoms with E-state index < -0.39 is 79.0 Å². The number of carbonyl (C=O) groups excluding carboxylic acids is 2. The minimum absolute atomic E-state index is 0.178. The maximum absolute atomic E-state index is 13.9. The highest BCUT2D eigenvalue weighted by atomic mass is 16.7. The molecule has 0 spiro atoms. The zero-order valence-corrected chi connectivity index (χ0v) is 34.4. The van der Waals surface area contributed by atoms with Gasteiger partial charge < -0.3 is 45.6 Å². The summed E-state index contributed by atoms with van der Waals surface area (Å²) < 4.78 is 5.29. The molecule has 0 aromatic rings. The first-order valence-corrected chi connectivity index (χ1v) is 21.4. The van der Waals surface area contributed by atoms with E-state index in [0.717, 1.165) is 83.5 Å². The van der Waals surface area contributed by atoms with Gasteiger partial charge in [0.05, 0.1) is 13.2 Å². The van der Waals surface area contributed by atoms with E-state index in [2.05, 4.69) is 74.6 Å². The number of ketones is 2. The van der Waals surface area contributed by atoms with Crippen LogP contribution in [0.1, 0.15) is 155 Å². The summed E-state index contributed by atoms with van der Waals surface area (Å²) in [5.74, 6) is -6.07. The Morgan fingerprint density at radius 1 is 0.607 bits per heavy atom. The Morgan fingerprint density at radius 2 is 1.04 bits per heavy atom. The van der Waals surface area contributed by atoms with Crippen molar-refractivity contribution in [1.29, 1.82) is 0 Å². The van der Waals surface area contributed by atoms with E-state index >= 15 is 0 Å². The van der Waals surface area contributed by atoms with Crippen LogP contribution in [0, 0.1) is 0 Å². The fourth-order valence-corrected chi connectivity index (χ4v) is 7.07. The molecule has 8 N–H and O–H groups in total. The summed E-state index contributed by atoms with van der Waals surface area (Å²) in [6.07, 6.45) is 28.4. The number of aliphatic hydroxyl groups excluding tert-OH is 5. The monoisotopic (exact) mass is 793 g/mol. The summed E-state index contributed by atoms with van der Waals surface area (Å²) in [5, 5.41) is 87.6. The molecule has 0 aliphatic carbocycles. The van der Waals surface area contributed by atoms with E-state index in [1.54, 1.807) is 0 Å². The van der Waals surface area contributed by atoms with Crippen LogP contribution < -0.4 is 0 Å². The fourth-order valence-electron chi connectivity index (χ4n) is 7.07. The Balaban J connectivity index is 2.86. The van der Waals surface area contributed by atoms with Gasteiger partial charge in [0, 0.05) is 12.8 Å². The highest BCUT2D eigenvalue weighted by molar-refractivity contribution is 6.01. The molecule has 0 amide bonds. The lowest BCUT2D eigenvalue weighted by atomic mass is 9.62. The van der Waals surface area contributed by atoms with Crippen LogP contribution in [0.3, 0.4) is 0 Å². The van der Waals surface area contributed by atoms with Gasteiger partial charge in [-0.1, -0.05) is 126 Å². The number of Topliss-reactive ketones (excluding diaryl/α,β-unsaturated/α-hetero) is 2. The predicted molar refractivity (Wildman–Crippen MR) is 221 cm³/mol. The molecule has 0 aromatic heterocycles. The van der Waals surface area contributed by atoms with Gasteiger partial charge in [0.2, 0.25) is 11.4 Å². The highest BCUT2D eigenvalue weighted by Gasteiger charge is 2.79. The largest absolute Gasteiger partial charge is 0.394 e. The van der Waals surface area contributed by atoms with E-state index in [0.29, 0.717) is 12.8 Å². The van der Waals surface area contributed by atoms with Crippen LogP contribution in [0.5, 0.6) is 0 Å². The van der Waals surface area contributed by atoms with E-state index in [-0.39, 0.29) is 12.8 Å². The molecule has 0 bridgehead atoms. The zero-order valence-electron chi connectivity index (χ0n) is 34.4. The summed E-state index contributed by atoms with van der Waals surface area (Å²) in [5.41, 5.74) is -7.09. The molecular formula is C45H76O11. The first-order valence-electron chi connectivity index (χ1n) is 21.4. The van der Waals surface area contributed by atoms with E-state index in [1.165, 1.54) is 19.3 Å². The summed E-state index contributed by atoms with van der Waals surface area (Å²) in [7, 11) is 0. The highest BCUT2D eigenvalue weighted by Crippen LogP contribution is 2.48. The van der Waals surface area contributed by atoms with Crippen LogP contribution >= 0.6 is 0 Å². The lowest BCUT2D eigenvalue weighted by Crippen LogP contribution is -2.87. The van der Waals surface area contributed by atoms with Gasteiger partial charge in [0.1, 0.15) is 24.4 Å². The summed E-state index contributed by atoms with van der Waals surface area (Å²) >= 11 is 0. The molecule has 1 saturated heterocycles. The lowest BCUT2D eigenvalue weighted by molar-refractivity contribution is -0.420. The molecular weight excluding hydrogens is 716 g/mol. The second kappa shape index (κ2) is 29.8. The van der Waals surface area contributed by atoms with Crippen LogP contribution in [0.15, 0.2) is 60.8 Å². The van der Waals surface area contributed by atoms with Gasteiger partial charge in [-0.3, -0.25) is 9.59 Å². The third-order valence-electron chi connectivity index (χ3n) is 10.6. The average molecular weight is 793 g/mol. The minimum Gasteiger partial charge on any atom is -0.394 e. The van der Waals surface area contributed by atoms with Crippen molar-refractivity contribution in [2.45, 2.75) is 197 Å². The second-order valence-corrected chi connectivity index (χ2v) is 15.1. The standard InChI is InChI=1S/C45H76O11/c1-3-5-7-9-11-13-15-17-19-21-23-25-27-29-31-33-39(49)43(53)42(52)38(36-47)56-45(55,41(51)37(48)35-46)44(43,54)40(50)34-32-30-28-26-24-22-20-18-16-14-12-10-8-6-4-2/h6,8,11-14,17-20,37-38,41-42,46-48,51-55H,3-5,7,9-10,15-16,21-36H2,1-2H3/b8-6+,13-11+,14-12+,19-17+,20-18+/t37?,38-,41?,42+,43+,44+,45-/m1/s1. The molecule has 56 heavy (non-hydrogen) atoms. The molecule has 7 atom stereocenters. The topological polar surface area (TPSA) is 205 Å². The normalized spacial score (nSPS) is 25.8. The number of hydrogen-bond acceptors (Lipinski definition) is 11. The third kappa shape index (κ3) is 16.1.